The Kier molecular flexibility index (Phi) is 3.54. The molecule has 0 aromatic carbocycles. The van der Waals surface area contributed by atoms with Crippen molar-refractivity contribution in [2.24, 2.45) is 11.7 Å². The molecule has 0 aliphatic heterocycles. The molecule has 1 aliphatic carbocycles. The molecule has 1 aliphatic rings. The smallest absolute Gasteiger partial charge is 0.240 e. The van der Waals surface area contributed by atoms with Gasteiger partial charge in [-0.1, -0.05) is 0 Å². The number of carbonyl (C=O) groups is 1. The van der Waals surface area contributed by atoms with Gasteiger partial charge in [-0.15, -0.1) is 12.3 Å². The Hall–Kier alpha value is -1.01. The number of nitrogens with two attached hydrogens (primary N) is 1. The van der Waals surface area contributed by atoms with Crippen LogP contribution in [0.15, 0.2) is 0 Å². The Morgan fingerprint density at radius 3 is 2.71 bits per heavy atom. The average molecular weight is 194 g/mol. The van der Waals surface area contributed by atoms with E-state index in [-0.39, 0.29) is 5.91 Å². The summed E-state index contributed by atoms with van der Waals surface area (Å²) in [6, 6.07) is -0.238. The van der Waals surface area contributed by atoms with E-state index in [0.717, 1.165) is 0 Å². The summed E-state index contributed by atoms with van der Waals surface area (Å²) in [4.78, 5) is 13.4. The fraction of sp³-hybridized carbons (Fsp3) is 0.727. The number of amides is 1. The highest BCUT2D eigenvalue weighted by Gasteiger charge is 2.33. The zero-order chi connectivity index (χ0) is 10.7. The third kappa shape index (κ3) is 2.49. The second kappa shape index (κ2) is 4.47. The Balaban J connectivity index is 2.46. The normalized spacial score (nSPS) is 19.6. The molecule has 2 atom stereocenters. The lowest BCUT2D eigenvalue weighted by Crippen LogP contribution is -2.46. The van der Waals surface area contributed by atoms with Crippen molar-refractivity contribution in [1.82, 2.24) is 4.90 Å². The van der Waals surface area contributed by atoms with Gasteiger partial charge in [0.25, 0.3) is 0 Å². The fourth-order valence-corrected chi connectivity index (χ4v) is 1.57. The first-order valence-corrected chi connectivity index (χ1v) is 5.03. The van der Waals surface area contributed by atoms with E-state index in [1.54, 1.807) is 4.90 Å². The minimum atomic E-state index is -0.536. The predicted octanol–water partition coefficient (Wildman–Crippen LogP) is 0.594. The molecule has 1 amide bonds. The van der Waals surface area contributed by atoms with Crippen molar-refractivity contribution in [3.05, 3.63) is 0 Å². The topological polar surface area (TPSA) is 46.3 Å². The molecule has 0 saturated heterocycles. The molecule has 0 aromatic rings. The van der Waals surface area contributed by atoms with Gasteiger partial charge in [0, 0.05) is 19.5 Å². The van der Waals surface area contributed by atoms with Gasteiger partial charge in [-0.3, -0.25) is 4.79 Å². The van der Waals surface area contributed by atoms with E-state index in [4.69, 9.17) is 12.2 Å². The Morgan fingerprint density at radius 2 is 2.29 bits per heavy atom. The molecule has 14 heavy (non-hydrogen) atoms. The summed E-state index contributed by atoms with van der Waals surface area (Å²) in [5, 5.41) is 0. The number of hydrogen-bond donors (Lipinski definition) is 1. The van der Waals surface area contributed by atoms with E-state index in [1.165, 1.54) is 12.8 Å². The first kappa shape index (κ1) is 11.1. The van der Waals surface area contributed by atoms with Crippen LogP contribution in [0, 0.1) is 18.3 Å². The lowest BCUT2D eigenvalue weighted by molar-refractivity contribution is -0.133. The highest BCUT2D eigenvalue weighted by molar-refractivity contribution is 5.82. The molecule has 0 bridgehead atoms. The predicted molar refractivity (Wildman–Crippen MR) is 56.4 cm³/mol. The Labute approximate surface area is 85.6 Å². The van der Waals surface area contributed by atoms with Gasteiger partial charge in [0.15, 0.2) is 0 Å². The second-order valence-electron chi connectivity index (χ2n) is 4.04. The molecule has 78 valence electrons. The molecular weight excluding hydrogens is 176 g/mol. The van der Waals surface area contributed by atoms with Crippen LogP contribution in [-0.2, 0) is 4.79 Å². The summed E-state index contributed by atoms with van der Waals surface area (Å²) in [6.07, 6.45) is 7.89. The SMILES string of the molecule is C#CCC(N)C(=O)N(C)C(C)C1CC1. The van der Waals surface area contributed by atoms with Crippen LogP contribution in [0.25, 0.3) is 0 Å². The molecule has 2 unspecified atom stereocenters. The van der Waals surface area contributed by atoms with Crippen LogP contribution < -0.4 is 5.73 Å². The highest BCUT2D eigenvalue weighted by Crippen LogP contribution is 2.34. The van der Waals surface area contributed by atoms with Crippen molar-refractivity contribution in [1.29, 1.82) is 0 Å². The Bertz CT molecular complexity index is 253. The van der Waals surface area contributed by atoms with E-state index >= 15 is 0 Å². The largest absolute Gasteiger partial charge is 0.341 e. The quantitative estimate of drug-likeness (QED) is 0.666. The molecule has 1 fully saturated rings. The zero-order valence-electron chi connectivity index (χ0n) is 8.86. The first-order chi connectivity index (χ1) is 6.57. The lowest BCUT2D eigenvalue weighted by atomic mass is 10.1. The third-order valence-electron chi connectivity index (χ3n) is 2.92. The van der Waals surface area contributed by atoms with Crippen LogP contribution in [0.2, 0.25) is 0 Å². The fourth-order valence-electron chi connectivity index (χ4n) is 1.57. The maximum atomic E-state index is 11.7. The molecule has 2 N–H and O–H groups in total. The number of terminal acetylenes is 1. The van der Waals surface area contributed by atoms with E-state index < -0.39 is 6.04 Å². The molecular formula is C11H18N2O. The van der Waals surface area contributed by atoms with Crippen molar-refractivity contribution in [3.8, 4) is 12.3 Å². The number of carbonyl (C=O) groups excluding carboxylic acids is 1. The maximum absolute atomic E-state index is 11.7. The van der Waals surface area contributed by atoms with Crippen molar-refractivity contribution >= 4 is 5.91 Å². The van der Waals surface area contributed by atoms with Gasteiger partial charge >= 0.3 is 0 Å². The summed E-state index contributed by atoms with van der Waals surface area (Å²) in [7, 11) is 1.81. The van der Waals surface area contributed by atoms with Crippen LogP contribution in [0.1, 0.15) is 26.2 Å². The van der Waals surface area contributed by atoms with Gasteiger partial charge in [0.2, 0.25) is 5.91 Å². The summed E-state index contributed by atoms with van der Waals surface area (Å²) in [5.41, 5.74) is 5.65. The third-order valence-corrected chi connectivity index (χ3v) is 2.92. The molecule has 3 nitrogen and oxygen atoms in total. The monoisotopic (exact) mass is 194 g/mol. The van der Waals surface area contributed by atoms with Gasteiger partial charge in [-0.25, -0.2) is 0 Å². The molecule has 0 spiro atoms. The Morgan fingerprint density at radius 1 is 1.71 bits per heavy atom. The van der Waals surface area contributed by atoms with Crippen LogP contribution in [-0.4, -0.2) is 29.9 Å². The van der Waals surface area contributed by atoms with E-state index in [1.807, 2.05) is 7.05 Å². The number of hydrogen-bond acceptors (Lipinski definition) is 2. The summed E-state index contributed by atoms with van der Waals surface area (Å²) in [6.45, 7) is 2.07. The summed E-state index contributed by atoms with van der Waals surface area (Å²) in [5.74, 6) is 3.04. The molecule has 3 heteroatoms. The molecule has 1 saturated carbocycles. The van der Waals surface area contributed by atoms with Gasteiger partial charge in [0.1, 0.15) is 0 Å². The van der Waals surface area contributed by atoms with Gasteiger partial charge in [-0.2, -0.15) is 0 Å². The van der Waals surface area contributed by atoms with Gasteiger partial charge in [-0.05, 0) is 25.7 Å². The van der Waals surface area contributed by atoms with Gasteiger partial charge in [0.05, 0.1) is 6.04 Å². The molecule has 0 heterocycles. The average Bonchev–Trinajstić information content (AvgIpc) is 2.98. The number of nitrogens with zero attached hydrogens (tertiary/aromatic N) is 1. The maximum Gasteiger partial charge on any atom is 0.240 e. The van der Waals surface area contributed by atoms with Gasteiger partial charge < -0.3 is 10.6 Å². The van der Waals surface area contributed by atoms with Crippen LogP contribution >= 0.6 is 0 Å². The van der Waals surface area contributed by atoms with Crippen molar-refractivity contribution in [2.45, 2.75) is 38.3 Å². The first-order valence-electron chi connectivity index (χ1n) is 5.03. The van der Waals surface area contributed by atoms with Crippen LogP contribution in [0.3, 0.4) is 0 Å². The van der Waals surface area contributed by atoms with Crippen LogP contribution in [0.4, 0.5) is 0 Å². The number of likely N-dealkylation sites (N-methyl/N-ethyl adjacent to an activating group) is 1. The minimum Gasteiger partial charge on any atom is -0.341 e. The molecule has 1 rings (SSSR count). The highest BCUT2D eigenvalue weighted by atomic mass is 16.2. The van der Waals surface area contributed by atoms with E-state index in [9.17, 15) is 4.79 Å². The lowest BCUT2D eigenvalue weighted by Gasteiger charge is -2.27. The van der Waals surface area contributed by atoms with Crippen molar-refractivity contribution in [3.63, 3.8) is 0 Å². The van der Waals surface area contributed by atoms with E-state index in [2.05, 4.69) is 12.8 Å². The minimum absolute atomic E-state index is 0.0395. The second-order valence-corrected chi connectivity index (χ2v) is 4.04. The standard InChI is InChI=1S/C11H18N2O/c1-4-5-10(12)11(14)13(3)8(2)9-6-7-9/h1,8-10H,5-7,12H2,2-3H3. The van der Waals surface area contributed by atoms with Crippen molar-refractivity contribution in [2.75, 3.05) is 7.05 Å². The van der Waals surface area contributed by atoms with Crippen molar-refractivity contribution < 1.29 is 4.79 Å². The van der Waals surface area contributed by atoms with E-state index in [0.29, 0.717) is 18.4 Å². The summed E-state index contributed by atoms with van der Waals surface area (Å²) >= 11 is 0. The molecule has 0 radical (unpaired) electrons. The number of rotatable bonds is 4. The summed E-state index contributed by atoms with van der Waals surface area (Å²) < 4.78 is 0. The van der Waals surface area contributed by atoms with Crippen LogP contribution in [0.5, 0.6) is 0 Å². The molecule has 0 aromatic heterocycles. The zero-order valence-corrected chi connectivity index (χ0v) is 8.86.